The van der Waals surface area contributed by atoms with E-state index in [9.17, 15) is 4.79 Å². The quantitative estimate of drug-likeness (QED) is 0.693. The number of hydrogen-bond acceptors (Lipinski definition) is 4. The van der Waals surface area contributed by atoms with Gasteiger partial charge in [0, 0.05) is 11.3 Å². The third-order valence-corrected chi connectivity index (χ3v) is 2.92. The minimum absolute atomic E-state index is 0.291. The summed E-state index contributed by atoms with van der Waals surface area (Å²) in [5.41, 5.74) is 5.30. The summed E-state index contributed by atoms with van der Waals surface area (Å²) in [5, 5.41) is 4.08. The van der Waals surface area contributed by atoms with Gasteiger partial charge in [0.15, 0.2) is 0 Å². The van der Waals surface area contributed by atoms with E-state index in [4.69, 9.17) is 4.74 Å². The highest BCUT2D eigenvalue weighted by molar-refractivity contribution is 5.99. The van der Waals surface area contributed by atoms with Gasteiger partial charge in [0.25, 0.3) is 5.91 Å². The van der Waals surface area contributed by atoms with E-state index in [0.717, 1.165) is 11.4 Å². The Labute approximate surface area is 123 Å². The van der Waals surface area contributed by atoms with E-state index in [-0.39, 0.29) is 5.91 Å². The van der Waals surface area contributed by atoms with Gasteiger partial charge in [-0.05, 0) is 44.2 Å². The highest BCUT2D eigenvalue weighted by atomic mass is 16.5. The number of benzene rings is 1. The number of pyridine rings is 1. The number of ether oxygens (including phenoxy) is 1. The topological polar surface area (TPSA) is 63.6 Å². The molecule has 0 saturated carbocycles. The highest BCUT2D eigenvalue weighted by Crippen LogP contribution is 2.12. The van der Waals surface area contributed by atoms with E-state index in [0.29, 0.717) is 17.0 Å². The van der Waals surface area contributed by atoms with Crippen molar-refractivity contribution < 1.29 is 9.53 Å². The minimum Gasteiger partial charge on any atom is -0.497 e. The van der Waals surface area contributed by atoms with Crippen LogP contribution in [0.3, 0.4) is 0 Å². The molecule has 5 nitrogen and oxygen atoms in total. The molecule has 1 heterocycles. The van der Waals surface area contributed by atoms with Crippen LogP contribution in [0, 0.1) is 6.92 Å². The summed E-state index contributed by atoms with van der Waals surface area (Å²) < 4.78 is 5.09. The van der Waals surface area contributed by atoms with Crippen LogP contribution in [-0.4, -0.2) is 23.7 Å². The van der Waals surface area contributed by atoms with Crippen LogP contribution in [-0.2, 0) is 0 Å². The van der Waals surface area contributed by atoms with Crippen molar-refractivity contribution in [3.05, 3.63) is 59.4 Å². The average Bonchev–Trinajstić information content (AvgIpc) is 2.52. The van der Waals surface area contributed by atoms with Crippen molar-refractivity contribution in [1.29, 1.82) is 0 Å². The molecule has 2 aromatic rings. The fourth-order valence-corrected chi connectivity index (χ4v) is 1.77. The SMILES string of the molecule is COc1cccc(C(=O)N/N=C(\C)c2cccc(C)n2)c1. The van der Waals surface area contributed by atoms with E-state index in [1.54, 1.807) is 38.3 Å². The Morgan fingerprint density at radius 3 is 2.71 bits per heavy atom. The van der Waals surface area contributed by atoms with Crippen molar-refractivity contribution in [2.45, 2.75) is 13.8 Å². The van der Waals surface area contributed by atoms with Crippen LogP contribution in [0.25, 0.3) is 0 Å². The maximum Gasteiger partial charge on any atom is 0.271 e. The molecule has 1 aromatic heterocycles. The Morgan fingerprint density at radius 1 is 1.24 bits per heavy atom. The zero-order chi connectivity index (χ0) is 15.2. The van der Waals surface area contributed by atoms with Crippen molar-refractivity contribution in [3.63, 3.8) is 0 Å². The second-order valence-corrected chi connectivity index (χ2v) is 4.53. The van der Waals surface area contributed by atoms with Gasteiger partial charge in [-0.3, -0.25) is 9.78 Å². The van der Waals surface area contributed by atoms with Crippen molar-refractivity contribution in [2.24, 2.45) is 5.10 Å². The van der Waals surface area contributed by atoms with E-state index in [1.165, 1.54) is 0 Å². The van der Waals surface area contributed by atoms with Gasteiger partial charge >= 0.3 is 0 Å². The number of hydrazone groups is 1. The second kappa shape index (κ2) is 6.65. The number of amides is 1. The average molecular weight is 283 g/mol. The lowest BCUT2D eigenvalue weighted by molar-refractivity contribution is 0.0954. The molecule has 0 spiro atoms. The predicted octanol–water partition coefficient (Wildman–Crippen LogP) is 2.55. The molecular weight excluding hydrogens is 266 g/mol. The molecule has 0 unspecified atom stereocenters. The van der Waals surface area contributed by atoms with Crippen molar-refractivity contribution in [3.8, 4) is 5.75 Å². The van der Waals surface area contributed by atoms with E-state index in [2.05, 4.69) is 15.5 Å². The molecule has 0 bridgehead atoms. The first-order chi connectivity index (χ1) is 10.1. The van der Waals surface area contributed by atoms with Gasteiger partial charge in [-0.15, -0.1) is 0 Å². The number of rotatable bonds is 4. The third kappa shape index (κ3) is 3.89. The molecule has 0 aliphatic rings. The fraction of sp³-hybridized carbons (Fsp3) is 0.188. The lowest BCUT2D eigenvalue weighted by Gasteiger charge is -2.05. The molecule has 0 fully saturated rings. The van der Waals surface area contributed by atoms with Crippen molar-refractivity contribution >= 4 is 11.6 Å². The number of nitrogens with one attached hydrogen (secondary N) is 1. The summed E-state index contributed by atoms with van der Waals surface area (Å²) in [6, 6.07) is 12.6. The van der Waals surface area contributed by atoms with Gasteiger partial charge in [-0.25, -0.2) is 5.43 Å². The maximum atomic E-state index is 12.0. The van der Waals surface area contributed by atoms with Crippen LogP contribution in [0.4, 0.5) is 0 Å². The molecule has 1 amide bonds. The molecule has 21 heavy (non-hydrogen) atoms. The smallest absolute Gasteiger partial charge is 0.271 e. The molecule has 0 atom stereocenters. The lowest BCUT2D eigenvalue weighted by atomic mass is 10.2. The number of carbonyl (C=O) groups excluding carboxylic acids is 1. The second-order valence-electron chi connectivity index (χ2n) is 4.53. The van der Waals surface area contributed by atoms with Crippen LogP contribution in [0.5, 0.6) is 5.75 Å². The van der Waals surface area contributed by atoms with Crippen LogP contribution in [0.1, 0.15) is 28.7 Å². The molecule has 0 aliphatic heterocycles. The van der Waals surface area contributed by atoms with E-state index >= 15 is 0 Å². The standard InChI is InChI=1S/C16H17N3O2/c1-11-6-4-9-15(17-11)12(2)18-19-16(20)13-7-5-8-14(10-13)21-3/h4-10H,1-3H3,(H,19,20)/b18-12+. The summed E-state index contributed by atoms with van der Waals surface area (Å²) in [6.07, 6.45) is 0. The van der Waals surface area contributed by atoms with Gasteiger partial charge in [0.2, 0.25) is 0 Å². The molecule has 0 saturated heterocycles. The minimum atomic E-state index is -0.291. The molecule has 2 rings (SSSR count). The molecule has 1 aromatic carbocycles. The Morgan fingerprint density at radius 2 is 2.00 bits per heavy atom. The number of hydrogen-bond donors (Lipinski definition) is 1. The molecule has 1 N–H and O–H groups in total. The summed E-state index contributed by atoms with van der Waals surface area (Å²) in [7, 11) is 1.56. The maximum absolute atomic E-state index is 12.0. The fourth-order valence-electron chi connectivity index (χ4n) is 1.77. The number of nitrogens with zero attached hydrogens (tertiary/aromatic N) is 2. The van der Waals surface area contributed by atoms with Crippen LogP contribution in [0.15, 0.2) is 47.6 Å². The van der Waals surface area contributed by atoms with E-state index < -0.39 is 0 Å². The molecule has 0 aliphatic carbocycles. The first kappa shape index (κ1) is 14.7. The van der Waals surface area contributed by atoms with Crippen LogP contribution < -0.4 is 10.2 Å². The number of methoxy groups -OCH3 is 1. The van der Waals surface area contributed by atoms with Crippen LogP contribution >= 0.6 is 0 Å². The molecule has 108 valence electrons. The first-order valence-electron chi connectivity index (χ1n) is 6.53. The predicted molar refractivity (Wildman–Crippen MR) is 81.6 cm³/mol. The zero-order valence-electron chi connectivity index (χ0n) is 12.3. The highest BCUT2D eigenvalue weighted by Gasteiger charge is 2.06. The molecule has 5 heteroatoms. The molecular formula is C16H17N3O2. The first-order valence-corrected chi connectivity index (χ1v) is 6.53. The Balaban J connectivity index is 2.10. The molecule has 0 radical (unpaired) electrons. The normalized spacial score (nSPS) is 11.1. The third-order valence-electron chi connectivity index (χ3n) is 2.92. The zero-order valence-corrected chi connectivity index (χ0v) is 12.3. The summed E-state index contributed by atoms with van der Waals surface area (Å²) in [4.78, 5) is 16.4. The summed E-state index contributed by atoms with van der Waals surface area (Å²) in [5.74, 6) is 0.338. The van der Waals surface area contributed by atoms with Gasteiger partial charge in [-0.1, -0.05) is 12.1 Å². The number of aryl methyl sites for hydroxylation is 1. The van der Waals surface area contributed by atoms with Crippen LogP contribution in [0.2, 0.25) is 0 Å². The number of aromatic nitrogens is 1. The Bertz CT molecular complexity index is 681. The summed E-state index contributed by atoms with van der Waals surface area (Å²) in [6.45, 7) is 3.71. The van der Waals surface area contributed by atoms with Gasteiger partial charge < -0.3 is 4.74 Å². The van der Waals surface area contributed by atoms with Crippen molar-refractivity contribution in [1.82, 2.24) is 10.4 Å². The monoisotopic (exact) mass is 283 g/mol. The van der Waals surface area contributed by atoms with Crippen molar-refractivity contribution in [2.75, 3.05) is 7.11 Å². The van der Waals surface area contributed by atoms with Gasteiger partial charge in [0.05, 0.1) is 18.5 Å². The van der Waals surface area contributed by atoms with E-state index in [1.807, 2.05) is 25.1 Å². The largest absolute Gasteiger partial charge is 0.497 e. The Hall–Kier alpha value is -2.69. The number of carbonyl (C=O) groups is 1. The van der Waals surface area contributed by atoms with Gasteiger partial charge in [-0.2, -0.15) is 5.10 Å². The van der Waals surface area contributed by atoms with Gasteiger partial charge in [0.1, 0.15) is 5.75 Å². The Kier molecular flexibility index (Phi) is 4.66. The lowest BCUT2D eigenvalue weighted by Crippen LogP contribution is -2.19. The summed E-state index contributed by atoms with van der Waals surface area (Å²) >= 11 is 0.